The molecule has 5 N–H and O–H groups in total. The number of ether oxygens (including phenoxy) is 1. The molecule has 8 heteroatoms. The molecule has 0 amide bonds. The molecule has 2 aromatic heterocycles. The summed E-state index contributed by atoms with van der Waals surface area (Å²) >= 11 is 0. The molecule has 2 aromatic carbocycles. The van der Waals surface area contributed by atoms with Crippen LogP contribution in [0.2, 0.25) is 0 Å². The molecular formula is C24H25N4O4+. The average molecular weight is 433 g/mol. The number of nitrogens with two attached hydrogens (primary N) is 1. The molecule has 4 aromatic rings. The van der Waals surface area contributed by atoms with Crippen LogP contribution in [0.15, 0.2) is 46.0 Å². The largest absolute Gasteiger partial charge is 0.497 e. The van der Waals surface area contributed by atoms with E-state index >= 15 is 0 Å². The van der Waals surface area contributed by atoms with Crippen molar-refractivity contribution in [3.63, 3.8) is 0 Å². The third-order valence-corrected chi connectivity index (χ3v) is 6.50. The lowest BCUT2D eigenvalue weighted by atomic mass is 9.95. The molecule has 0 spiro atoms. The summed E-state index contributed by atoms with van der Waals surface area (Å²) in [5, 5.41) is 14.3. The monoisotopic (exact) mass is 433 g/mol. The van der Waals surface area contributed by atoms with Crippen LogP contribution in [0, 0.1) is 13.8 Å². The Morgan fingerprint density at radius 3 is 2.75 bits per heavy atom. The highest BCUT2D eigenvalue weighted by molar-refractivity contribution is 5.86. The molecule has 32 heavy (non-hydrogen) atoms. The number of quaternary nitrogens is 1. The van der Waals surface area contributed by atoms with Crippen LogP contribution in [0.4, 0.5) is 0 Å². The van der Waals surface area contributed by atoms with Crippen molar-refractivity contribution in [2.75, 3.05) is 13.7 Å². The fourth-order valence-corrected chi connectivity index (χ4v) is 4.70. The number of nitrogens with zero attached hydrogens (tertiary/aromatic N) is 1. The number of hydrogen-bond acceptors (Lipinski definition) is 4. The standard InChI is InChI=1S/C24H24N4O4/c1-12-5-4-6-18(13(12)2)28-23(30)19(22(29)27-24(28)31)21-20-15(9-10-25-21)16-11-14(32-3)7-8-17(16)26-20/h4-8,11,21,25-26,30H,9-10H2,1-3H3,(H,27,29,31)/p+1/t21-/m0/s1. The van der Waals surface area contributed by atoms with Crippen molar-refractivity contribution in [3.05, 3.63) is 85.2 Å². The van der Waals surface area contributed by atoms with Gasteiger partial charge >= 0.3 is 5.69 Å². The van der Waals surface area contributed by atoms with E-state index in [9.17, 15) is 14.7 Å². The van der Waals surface area contributed by atoms with E-state index in [1.165, 1.54) is 4.57 Å². The van der Waals surface area contributed by atoms with Crippen molar-refractivity contribution in [1.29, 1.82) is 0 Å². The third-order valence-electron chi connectivity index (χ3n) is 6.50. The van der Waals surface area contributed by atoms with E-state index in [1.54, 1.807) is 13.2 Å². The fourth-order valence-electron chi connectivity index (χ4n) is 4.70. The van der Waals surface area contributed by atoms with Gasteiger partial charge in [-0.25, -0.2) is 9.36 Å². The number of benzene rings is 2. The Morgan fingerprint density at radius 1 is 1.16 bits per heavy atom. The van der Waals surface area contributed by atoms with Crippen molar-refractivity contribution in [1.82, 2.24) is 14.5 Å². The molecule has 8 nitrogen and oxygen atoms in total. The van der Waals surface area contributed by atoms with Crippen molar-refractivity contribution < 1.29 is 15.2 Å². The summed E-state index contributed by atoms with van der Waals surface area (Å²) < 4.78 is 6.56. The summed E-state index contributed by atoms with van der Waals surface area (Å²) in [5.41, 5.74) is 4.18. The van der Waals surface area contributed by atoms with Crippen LogP contribution in [-0.4, -0.2) is 33.3 Å². The van der Waals surface area contributed by atoms with Crippen molar-refractivity contribution >= 4 is 10.9 Å². The maximum absolute atomic E-state index is 12.9. The second kappa shape index (κ2) is 7.42. The van der Waals surface area contributed by atoms with Crippen LogP contribution in [0.1, 0.15) is 34.0 Å². The summed E-state index contributed by atoms with van der Waals surface area (Å²) in [7, 11) is 1.63. The number of aromatic hydroxyl groups is 1. The first-order valence-electron chi connectivity index (χ1n) is 10.6. The van der Waals surface area contributed by atoms with Crippen molar-refractivity contribution in [2.24, 2.45) is 0 Å². The molecule has 1 aliphatic heterocycles. The van der Waals surface area contributed by atoms with Gasteiger partial charge in [0.05, 0.1) is 25.0 Å². The molecule has 1 atom stereocenters. The molecule has 0 bridgehead atoms. The van der Waals surface area contributed by atoms with Gasteiger partial charge < -0.3 is 20.1 Å². The van der Waals surface area contributed by atoms with E-state index in [0.717, 1.165) is 52.0 Å². The van der Waals surface area contributed by atoms with Crippen LogP contribution >= 0.6 is 0 Å². The van der Waals surface area contributed by atoms with Gasteiger partial charge in [-0.15, -0.1) is 0 Å². The van der Waals surface area contributed by atoms with Gasteiger partial charge in [0.15, 0.2) is 6.04 Å². The van der Waals surface area contributed by atoms with Gasteiger partial charge in [-0.3, -0.25) is 9.78 Å². The Labute approximate surface area is 183 Å². The van der Waals surface area contributed by atoms with Gasteiger partial charge in [0, 0.05) is 17.3 Å². The molecular weight excluding hydrogens is 408 g/mol. The molecule has 164 valence electrons. The zero-order valence-corrected chi connectivity index (χ0v) is 18.2. The molecule has 3 heterocycles. The molecule has 0 aliphatic carbocycles. The number of H-pyrrole nitrogens is 2. The van der Waals surface area contributed by atoms with Crippen LogP contribution in [-0.2, 0) is 6.42 Å². The van der Waals surface area contributed by atoms with Gasteiger partial charge in [0.2, 0.25) is 5.88 Å². The average Bonchev–Trinajstić information content (AvgIpc) is 3.15. The van der Waals surface area contributed by atoms with E-state index in [4.69, 9.17) is 4.74 Å². The lowest BCUT2D eigenvalue weighted by Gasteiger charge is -2.23. The number of nitrogens with one attached hydrogen (secondary N) is 2. The molecule has 5 rings (SSSR count). The Morgan fingerprint density at radius 2 is 1.97 bits per heavy atom. The third kappa shape index (κ3) is 2.95. The van der Waals surface area contributed by atoms with Crippen LogP contribution < -0.4 is 21.3 Å². The highest BCUT2D eigenvalue weighted by atomic mass is 16.5. The SMILES string of the molecule is COc1ccc2[nH]c3c(c2c1)CC[NH2+][C@H]3c1c(O)n(-c2cccc(C)c2C)c(=O)[nH]c1=O. The highest BCUT2D eigenvalue weighted by Gasteiger charge is 2.34. The minimum Gasteiger partial charge on any atom is -0.497 e. The molecule has 0 radical (unpaired) electrons. The number of rotatable bonds is 3. The normalized spacial score (nSPS) is 15.7. The van der Waals surface area contributed by atoms with Crippen LogP contribution in [0.25, 0.3) is 16.6 Å². The van der Waals surface area contributed by atoms with Gasteiger partial charge in [0.1, 0.15) is 11.3 Å². The quantitative estimate of drug-likeness (QED) is 0.392. The second-order valence-electron chi connectivity index (χ2n) is 8.23. The number of aryl methyl sites for hydroxylation is 1. The van der Waals surface area contributed by atoms with Gasteiger partial charge in [-0.05, 0) is 54.8 Å². The first kappa shape index (κ1) is 20.1. The summed E-state index contributed by atoms with van der Waals surface area (Å²) in [4.78, 5) is 31.5. The Kier molecular flexibility index (Phi) is 4.67. The molecule has 0 unspecified atom stereocenters. The second-order valence-corrected chi connectivity index (χ2v) is 8.23. The van der Waals surface area contributed by atoms with E-state index < -0.39 is 17.3 Å². The first-order chi connectivity index (χ1) is 15.4. The number of hydrogen-bond donors (Lipinski definition) is 4. The smallest absolute Gasteiger partial charge is 0.335 e. The lowest BCUT2D eigenvalue weighted by Crippen LogP contribution is -2.87. The molecule has 0 fully saturated rings. The highest BCUT2D eigenvalue weighted by Crippen LogP contribution is 2.34. The van der Waals surface area contributed by atoms with E-state index in [-0.39, 0.29) is 11.4 Å². The van der Waals surface area contributed by atoms with Crippen LogP contribution in [0.3, 0.4) is 0 Å². The van der Waals surface area contributed by atoms with Crippen molar-refractivity contribution in [3.8, 4) is 17.3 Å². The Bertz CT molecular complexity index is 1480. The minimum atomic E-state index is -0.664. The van der Waals surface area contributed by atoms with E-state index in [2.05, 4.69) is 9.97 Å². The molecule has 0 saturated carbocycles. The zero-order chi connectivity index (χ0) is 22.6. The summed E-state index contributed by atoms with van der Waals surface area (Å²) in [6.45, 7) is 4.56. The zero-order valence-electron chi connectivity index (χ0n) is 18.2. The summed E-state index contributed by atoms with van der Waals surface area (Å²) in [6.07, 6.45) is 0.814. The summed E-state index contributed by atoms with van der Waals surface area (Å²) in [5.74, 6) is 0.423. The minimum absolute atomic E-state index is 0.157. The predicted octanol–water partition coefficient (Wildman–Crippen LogP) is 1.55. The van der Waals surface area contributed by atoms with Crippen molar-refractivity contribution in [2.45, 2.75) is 26.3 Å². The predicted molar refractivity (Wildman–Crippen MR) is 121 cm³/mol. The molecule has 0 saturated heterocycles. The van der Waals surface area contributed by atoms with Gasteiger partial charge in [-0.1, -0.05) is 12.1 Å². The number of aromatic nitrogens is 3. The summed E-state index contributed by atoms with van der Waals surface area (Å²) in [6, 6.07) is 10.9. The lowest BCUT2D eigenvalue weighted by molar-refractivity contribution is -0.690. The number of methoxy groups -OCH3 is 1. The van der Waals surface area contributed by atoms with Crippen LogP contribution in [0.5, 0.6) is 11.6 Å². The first-order valence-corrected chi connectivity index (χ1v) is 10.6. The van der Waals surface area contributed by atoms with E-state index in [1.807, 2.05) is 49.5 Å². The van der Waals surface area contributed by atoms with Gasteiger partial charge in [-0.2, -0.15) is 0 Å². The molecule has 1 aliphatic rings. The maximum atomic E-state index is 12.9. The maximum Gasteiger partial charge on any atom is 0.335 e. The Hall–Kier alpha value is -3.78. The topological polar surface area (TPSA) is 117 Å². The van der Waals surface area contributed by atoms with E-state index in [0.29, 0.717) is 5.69 Å². The van der Waals surface area contributed by atoms with Gasteiger partial charge in [0.25, 0.3) is 5.56 Å². The fraction of sp³-hybridized carbons (Fsp3) is 0.250. The number of aromatic amines is 2. The number of fused-ring (bicyclic) bond motifs is 3. The Balaban J connectivity index is 1.75.